The van der Waals surface area contributed by atoms with Crippen molar-refractivity contribution in [2.24, 2.45) is 16.1 Å². The van der Waals surface area contributed by atoms with Gasteiger partial charge in [-0.25, -0.2) is 0 Å². The van der Waals surface area contributed by atoms with Crippen molar-refractivity contribution in [1.82, 2.24) is 5.32 Å². The van der Waals surface area contributed by atoms with E-state index in [2.05, 4.69) is 10.3 Å². The highest BCUT2D eigenvalue weighted by Gasteiger charge is 2.34. The third-order valence-corrected chi connectivity index (χ3v) is 4.62. The van der Waals surface area contributed by atoms with E-state index < -0.39 is 0 Å². The van der Waals surface area contributed by atoms with Gasteiger partial charge in [0.15, 0.2) is 5.96 Å². The lowest BCUT2D eigenvalue weighted by Crippen LogP contribution is -2.41. The van der Waals surface area contributed by atoms with Crippen molar-refractivity contribution in [2.45, 2.75) is 57.4 Å². The predicted molar refractivity (Wildman–Crippen MR) is 80.7 cm³/mol. The van der Waals surface area contributed by atoms with Crippen molar-refractivity contribution < 1.29 is 9.84 Å². The topological polar surface area (TPSA) is 79.9 Å². The summed E-state index contributed by atoms with van der Waals surface area (Å²) in [7, 11) is 0. The van der Waals surface area contributed by atoms with Crippen molar-refractivity contribution in [2.75, 3.05) is 26.4 Å². The van der Waals surface area contributed by atoms with Gasteiger partial charge in [-0.3, -0.25) is 4.99 Å². The Morgan fingerprint density at radius 1 is 1.30 bits per heavy atom. The van der Waals surface area contributed by atoms with Crippen LogP contribution in [0.5, 0.6) is 0 Å². The molecule has 0 aromatic carbocycles. The Kier molecular flexibility index (Phi) is 6.10. The number of nitrogens with zero attached hydrogens (tertiary/aromatic N) is 1. The summed E-state index contributed by atoms with van der Waals surface area (Å²) in [5.74, 6) is 0.557. The van der Waals surface area contributed by atoms with Crippen LogP contribution >= 0.6 is 0 Å². The fourth-order valence-electron chi connectivity index (χ4n) is 3.22. The van der Waals surface area contributed by atoms with Crippen molar-refractivity contribution in [3.8, 4) is 0 Å². The molecular formula is C15H29N3O2. The molecule has 1 aliphatic carbocycles. The summed E-state index contributed by atoms with van der Waals surface area (Å²) < 4.78 is 5.47. The summed E-state index contributed by atoms with van der Waals surface area (Å²) in [6.45, 7) is 2.30. The zero-order chi connectivity index (χ0) is 14.3. The van der Waals surface area contributed by atoms with Crippen LogP contribution in [0.3, 0.4) is 0 Å². The molecule has 5 heteroatoms. The van der Waals surface area contributed by atoms with Gasteiger partial charge < -0.3 is 20.9 Å². The number of rotatable bonds is 5. The highest BCUT2D eigenvalue weighted by Crippen LogP contribution is 2.32. The van der Waals surface area contributed by atoms with Gasteiger partial charge in [0.05, 0.1) is 13.2 Å². The second-order valence-electron chi connectivity index (χ2n) is 6.31. The van der Waals surface area contributed by atoms with Crippen molar-refractivity contribution in [3.63, 3.8) is 0 Å². The van der Waals surface area contributed by atoms with E-state index in [9.17, 15) is 5.11 Å². The molecule has 20 heavy (non-hydrogen) atoms. The molecule has 0 bridgehead atoms. The van der Waals surface area contributed by atoms with E-state index in [1.165, 1.54) is 38.5 Å². The van der Waals surface area contributed by atoms with Gasteiger partial charge in [-0.05, 0) is 25.7 Å². The molecule has 0 amide bonds. The first-order valence-corrected chi connectivity index (χ1v) is 7.99. The zero-order valence-corrected chi connectivity index (χ0v) is 12.4. The third-order valence-electron chi connectivity index (χ3n) is 4.62. The molecule has 0 spiro atoms. The molecule has 0 aromatic rings. The Hall–Kier alpha value is -0.810. The molecule has 1 aliphatic heterocycles. The van der Waals surface area contributed by atoms with Gasteiger partial charge in [0.2, 0.25) is 0 Å². The van der Waals surface area contributed by atoms with Crippen LogP contribution < -0.4 is 11.1 Å². The maximum atomic E-state index is 9.20. The van der Waals surface area contributed by atoms with E-state index in [-0.39, 0.29) is 12.0 Å². The maximum absolute atomic E-state index is 9.20. The number of nitrogens with two attached hydrogens (primary N) is 1. The molecule has 1 heterocycles. The minimum Gasteiger partial charge on any atom is -0.396 e. The number of aliphatic imine (C=N–C) groups is 1. The van der Waals surface area contributed by atoms with Gasteiger partial charge in [-0.1, -0.05) is 25.7 Å². The number of aliphatic hydroxyl groups excluding tert-OH is 1. The number of aliphatic hydroxyl groups is 1. The fraction of sp³-hybridized carbons (Fsp3) is 0.933. The van der Waals surface area contributed by atoms with Crippen LogP contribution in [0.1, 0.15) is 51.4 Å². The normalized spacial score (nSPS) is 29.4. The van der Waals surface area contributed by atoms with E-state index in [4.69, 9.17) is 10.5 Å². The molecule has 2 aliphatic rings. The minimum atomic E-state index is -0.00942. The highest BCUT2D eigenvalue weighted by molar-refractivity contribution is 5.78. The van der Waals surface area contributed by atoms with Gasteiger partial charge in [0.1, 0.15) is 0 Å². The van der Waals surface area contributed by atoms with E-state index in [0.717, 1.165) is 19.4 Å². The monoisotopic (exact) mass is 283 g/mol. The smallest absolute Gasteiger partial charge is 0.188 e. The van der Waals surface area contributed by atoms with Crippen molar-refractivity contribution in [3.05, 3.63) is 0 Å². The summed E-state index contributed by atoms with van der Waals surface area (Å²) in [4.78, 5) is 4.51. The molecule has 1 atom stereocenters. The lowest BCUT2D eigenvalue weighted by Gasteiger charge is -2.25. The second-order valence-corrected chi connectivity index (χ2v) is 6.31. The van der Waals surface area contributed by atoms with Crippen LogP contribution in [0.4, 0.5) is 0 Å². The van der Waals surface area contributed by atoms with Crippen LogP contribution in [-0.2, 0) is 4.74 Å². The number of nitrogens with one attached hydrogen (secondary N) is 1. The number of hydrogen-bond donors (Lipinski definition) is 3. The lowest BCUT2D eigenvalue weighted by atomic mass is 9.84. The second kappa shape index (κ2) is 7.84. The molecule has 0 radical (unpaired) electrons. The van der Waals surface area contributed by atoms with Gasteiger partial charge >= 0.3 is 0 Å². The Labute approximate surface area is 122 Å². The number of hydrogen-bond acceptors (Lipinski definition) is 3. The first-order chi connectivity index (χ1) is 9.74. The molecule has 5 nitrogen and oxygen atoms in total. The molecule has 0 aromatic heterocycles. The lowest BCUT2D eigenvalue weighted by molar-refractivity contribution is 0.131. The third kappa shape index (κ3) is 4.63. The Balaban J connectivity index is 1.82. The molecule has 4 N–H and O–H groups in total. The standard InChI is InChI=1S/C15H29N3O2/c16-14(18-13-5-3-1-2-4-6-13)17-11-15(7-9-19)8-10-20-12-15/h13,19H,1-12H2,(H3,16,17,18). The first kappa shape index (κ1) is 15.6. The van der Waals surface area contributed by atoms with E-state index >= 15 is 0 Å². The summed E-state index contributed by atoms with van der Waals surface area (Å²) in [6.07, 6.45) is 9.35. The molecule has 1 saturated carbocycles. The first-order valence-electron chi connectivity index (χ1n) is 7.99. The average Bonchev–Trinajstić information content (AvgIpc) is 2.74. The average molecular weight is 283 g/mol. The molecule has 2 rings (SSSR count). The highest BCUT2D eigenvalue weighted by atomic mass is 16.5. The maximum Gasteiger partial charge on any atom is 0.188 e. The van der Waals surface area contributed by atoms with Crippen molar-refractivity contribution >= 4 is 5.96 Å². The molecule has 116 valence electrons. The van der Waals surface area contributed by atoms with Gasteiger partial charge in [-0.2, -0.15) is 0 Å². The van der Waals surface area contributed by atoms with E-state index in [0.29, 0.717) is 25.2 Å². The van der Waals surface area contributed by atoms with Crippen LogP contribution in [-0.4, -0.2) is 43.5 Å². The largest absolute Gasteiger partial charge is 0.396 e. The van der Waals surface area contributed by atoms with Crippen LogP contribution in [0.25, 0.3) is 0 Å². The molecule has 2 fully saturated rings. The SMILES string of the molecule is NC(=NCC1(CCO)CCOC1)NC1CCCCCC1. The van der Waals surface area contributed by atoms with Crippen LogP contribution in [0.2, 0.25) is 0 Å². The fourth-order valence-corrected chi connectivity index (χ4v) is 3.22. The predicted octanol–water partition coefficient (Wildman–Crippen LogP) is 1.40. The summed E-state index contributed by atoms with van der Waals surface area (Å²) >= 11 is 0. The molecule has 1 saturated heterocycles. The Morgan fingerprint density at radius 3 is 2.65 bits per heavy atom. The van der Waals surface area contributed by atoms with Gasteiger partial charge in [-0.15, -0.1) is 0 Å². The van der Waals surface area contributed by atoms with Gasteiger partial charge in [0.25, 0.3) is 0 Å². The minimum absolute atomic E-state index is 0.00942. The van der Waals surface area contributed by atoms with Crippen LogP contribution in [0.15, 0.2) is 4.99 Å². The molecular weight excluding hydrogens is 254 g/mol. The summed E-state index contributed by atoms with van der Waals surface area (Å²) in [5.41, 5.74) is 6.01. The molecule has 1 unspecified atom stereocenters. The van der Waals surface area contributed by atoms with Gasteiger partial charge in [0, 0.05) is 24.7 Å². The Bertz CT molecular complexity index is 306. The number of guanidine groups is 1. The van der Waals surface area contributed by atoms with Crippen molar-refractivity contribution in [1.29, 1.82) is 0 Å². The van der Waals surface area contributed by atoms with Crippen LogP contribution in [0, 0.1) is 5.41 Å². The summed E-state index contributed by atoms with van der Waals surface area (Å²) in [6, 6.07) is 0.481. The van der Waals surface area contributed by atoms with E-state index in [1.54, 1.807) is 0 Å². The quantitative estimate of drug-likeness (QED) is 0.405. The zero-order valence-electron chi connectivity index (χ0n) is 12.4. The number of ether oxygens (including phenoxy) is 1. The summed E-state index contributed by atoms with van der Waals surface area (Å²) in [5, 5.41) is 12.6. The Morgan fingerprint density at radius 2 is 2.05 bits per heavy atom. The van der Waals surface area contributed by atoms with E-state index in [1.807, 2.05) is 0 Å².